The Morgan fingerprint density at radius 2 is 2.04 bits per heavy atom. The van der Waals surface area contributed by atoms with E-state index in [1.807, 2.05) is 0 Å². The minimum absolute atomic E-state index is 0.00699. The third kappa shape index (κ3) is 3.25. The van der Waals surface area contributed by atoms with E-state index in [2.05, 4.69) is 9.98 Å². The molecule has 124 valence electrons. The predicted molar refractivity (Wildman–Crippen MR) is 91.3 cm³/mol. The van der Waals surface area contributed by atoms with Crippen LogP contribution in [0.2, 0.25) is 0 Å². The van der Waals surface area contributed by atoms with Gasteiger partial charge in [-0.3, -0.25) is 4.55 Å². The van der Waals surface area contributed by atoms with Crippen LogP contribution in [0.4, 0.5) is 5.69 Å². The summed E-state index contributed by atoms with van der Waals surface area (Å²) in [4.78, 5) is 8.14. The molecule has 0 atom stereocenters. The van der Waals surface area contributed by atoms with Gasteiger partial charge in [0.2, 0.25) is 5.89 Å². The van der Waals surface area contributed by atoms with Gasteiger partial charge in [-0.2, -0.15) is 8.42 Å². The largest absolute Gasteiger partial charge is 0.436 e. The minimum Gasteiger partial charge on any atom is -0.436 e. The fourth-order valence-corrected chi connectivity index (χ4v) is 2.68. The average molecular weight is 366 g/mol. The van der Waals surface area contributed by atoms with Gasteiger partial charge in [0.05, 0.1) is 22.0 Å². The Morgan fingerprint density at radius 3 is 2.71 bits per heavy atom. The van der Waals surface area contributed by atoms with Crippen molar-refractivity contribution in [3.8, 4) is 11.5 Å². The molecule has 3 aromatic rings. The number of oxazole rings is 1. The zero-order valence-electron chi connectivity index (χ0n) is 12.2. The summed E-state index contributed by atoms with van der Waals surface area (Å²) in [7, 11) is -4.39. The number of hydrogen-bond donors (Lipinski definition) is 2. The predicted octanol–water partition coefficient (Wildman–Crippen LogP) is 2.97. The molecule has 1 heterocycles. The van der Waals surface area contributed by atoms with Gasteiger partial charge in [0.15, 0.2) is 5.58 Å². The summed E-state index contributed by atoms with van der Waals surface area (Å²) in [5.74, 6) is 0.309. The molecule has 0 amide bonds. The van der Waals surface area contributed by atoms with Crippen molar-refractivity contribution in [3.63, 3.8) is 0 Å². The molecule has 0 aliphatic heterocycles. The molecule has 3 N–H and O–H groups in total. The van der Waals surface area contributed by atoms with Crippen LogP contribution in [0.5, 0.6) is 0 Å². The van der Waals surface area contributed by atoms with Crippen molar-refractivity contribution in [2.24, 2.45) is 10.7 Å². The highest BCUT2D eigenvalue weighted by molar-refractivity contribution is 7.85. The Kier molecular flexibility index (Phi) is 4.27. The molecule has 24 heavy (non-hydrogen) atoms. The number of fused-ring (bicyclic) bond motifs is 1. The first-order valence-corrected chi connectivity index (χ1v) is 8.72. The summed E-state index contributed by atoms with van der Waals surface area (Å²) in [6, 6.07) is 10.9. The van der Waals surface area contributed by atoms with Crippen LogP contribution < -0.4 is 5.73 Å². The fraction of sp³-hybridized carbons (Fsp3) is 0.0667. The molecular weight excluding hydrogens is 354 g/mol. The molecular formula is C15H12ClN3O4S. The van der Waals surface area contributed by atoms with Gasteiger partial charge in [-0.15, -0.1) is 11.6 Å². The molecule has 0 radical (unpaired) electrons. The van der Waals surface area contributed by atoms with E-state index in [0.717, 1.165) is 0 Å². The molecule has 0 spiro atoms. The van der Waals surface area contributed by atoms with E-state index in [9.17, 15) is 13.0 Å². The zero-order chi connectivity index (χ0) is 17.3. The summed E-state index contributed by atoms with van der Waals surface area (Å²) in [6.45, 7) is 0. The minimum atomic E-state index is -4.39. The molecule has 0 aliphatic rings. The maximum atomic E-state index is 11.4. The standard InChI is InChI=1S/C15H12ClN3O4S/c16-8-14(17)18-11-6-5-9(24(20,21)22)7-10(11)15-19-12-3-1-2-4-13(12)23-15/h1-7H,8H2,(H2,17,18)(H,20,21,22). The van der Waals surface area contributed by atoms with Crippen LogP contribution >= 0.6 is 11.6 Å². The van der Waals surface area contributed by atoms with Gasteiger partial charge in [0.25, 0.3) is 10.1 Å². The van der Waals surface area contributed by atoms with E-state index >= 15 is 0 Å². The van der Waals surface area contributed by atoms with Crippen molar-refractivity contribution in [1.29, 1.82) is 0 Å². The highest BCUT2D eigenvalue weighted by atomic mass is 35.5. The maximum absolute atomic E-state index is 11.4. The van der Waals surface area contributed by atoms with Gasteiger partial charge in [-0.05, 0) is 30.3 Å². The second-order valence-electron chi connectivity index (χ2n) is 4.88. The molecule has 0 aliphatic carbocycles. The Labute approximate surface area is 142 Å². The molecule has 2 aromatic carbocycles. The zero-order valence-corrected chi connectivity index (χ0v) is 13.8. The van der Waals surface area contributed by atoms with E-state index in [1.54, 1.807) is 24.3 Å². The smallest absolute Gasteiger partial charge is 0.294 e. The molecule has 1 aromatic heterocycles. The summed E-state index contributed by atoms with van der Waals surface area (Å²) in [6.07, 6.45) is 0. The molecule has 9 heteroatoms. The molecule has 7 nitrogen and oxygen atoms in total. The van der Waals surface area contributed by atoms with Crippen molar-refractivity contribution in [2.75, 3.05) is 5.88 Å². The number of rotatable bonds is 4. The van der Waals surface area contributed by atoms with E-state index in [1.165, 1.54) is 18.2 Å². The number of halogens is 1. The number of aromatic nitrogens is 1. The number of nitrogens with zero attached hydrogens (tertiary/aromatic N) is 2. The van der Waals surface area contributed by atoms with Gasteiger partial charge >= 0.3 is 0 Å². The molecule has 0 bridgehead atoms. The summed E-state index contributed by atoms with van der Waals surface area (Å²) < 4.78 is 37.7. The first-order valence-electron chi connectivity index (χ1n) is 6.75. The van der Waals surface area contributed by atoms with Gasteiger partial charge < -0.3 is 10.2 Å². The van der Waals surface area contributed by atoms with Crippen molar-refractivity contribution in [3.05, 3.63) is 42.5 Å². The van der Waals surface area contributed by atoms with E-state index in [0.29, 0.717) is 16.8 Å². The number of benzene rings is 2. The van der Waals surface area contributed by atoms with Crippen LogP contribution in [0.3, 0.4) is 0 Å². The summed E-state index contributed by atoms with van der Waals surface area (Å²) in [5.41, 5.74) is 7.38. The number of nitrogens with two attached hydrogens (primary N) is 1. The molecule has 0 fully saturated rings. The van der Waals surface area contributed by atoms with Gasteiger partial charge in [0, 0.05) is 0 Å². The maximum Gasteiger partial charge on any atom is 0.294 e. The van der Waals surface area contributed by atoms with Crippen LogP contribution in [0.1, 0.15) is 0 Å². The SMILES string of the molecule is NC(CCl)=Nc1ccc(S(=O)(=O)O)cc1-c1nc2ccccc2o1. The second kappa shape index (κ2) is 6.23. The first kappa shape index (κ1) is 16.4. The number of para-hydroxylation sites is 2. The lowest BCUT2D eigenvalue weighted by Crippen LogP contribution is -2.12. The Bertz CT molecular complexity index is 1010. The van der Waals surface area contributed by atoms with Crippen molar-refractivity contribution in [1.82, 2.24) is 4.98 Å². The lowest BCUT2D eigenvalue weighted by molar-refractivity contribution is 0.483. The van der Waals surface area contributed by atoms with E-state index in [-0.39, 0.29) is 28.1 Å². The number of amidine groups is 1. The van der Waals surface area contributed by atoms with Crippen molar-refractivity contribution in [2.45, 2.75) is 4.90 Å². The quantitative estimate of drug-likeness (QED) is 0.317. The second-order valence-corrected chi connectivity index (χ2v) is 6.57. The van der Waals surface area contributed by atoms with Crippen LogP contribution in [0.15, 0.2) is 56.8 Å². The third-order valence-corrected chi connectivity index (χ3v) is 4.31. The normalized spacial score (nSPS) is 12.7. The molecule has 0 unspecified atom stereocenters. The summed E-state index contributed by atoms with van der Waals surface area (Å²) in [5, 5.41) is 0. The van der Waals surface area contributed by atoms with Gasteiger partial charge in [-0.1, -0.05) is 12.1 Å². The number of hydrogen-bond acceptors (Lipinski definition) is 5. The lowest BCUT2D eigenvalue weighted by atomic mass is 10.2. The van der Waals surface area contributed by atoms with Crippen molar-refractivity contribution >= 4 is 44.3 Å². The Morgan fingerprint density at radius 1 is 1.29 bits per heavy atom. The summed E-state index contributed by atoms with van der Waals surface area (Å²) >= 11 is 5.64. The van der Waals surface area contributed by atoms with Crippen molar-refractivity contribution < 1.29 is 17.4 Å². The van der Waals surface area contributed by atoms with E-state index in [4.69, 9.17) is 21.8 Å². The van der Waals surface area contributed by atoms with E-state index < -0.39 is 10.1 Å². The lowest BCUT2D eigenvalue weighted by Gasteiger charge is -2.05. The first-order chi connectivity index (χ1) is 11.4. The number of alkyl halides is 1. The molecule has 0 saturated heterocycles. The number of aliphatic imine (C=N–C) groups is 1. The molecule has 0 saturated carbocycles. The monoisotopic (exact) mass is 365 g/mol. The highest BCUT2D eigenvalue weighted by Gasteiger charge is 2.18. The van der Waals surface area contributed by atoms with Crippen LogP contribution in [0.25, 0.3) is 22.6 Å². The van der Waals surface area contributed by atoms with Crippen LogP contribution in [0, 0.1) is 0 Å². The average Bonchev–Trinajstić information content (AvgIpc) is 2.97. The fourth-order valence-electron chi connectivity index (χ4n) is 2.12. The van der Waals surface area contributed by atoms with Crippen LogP contribution in [-0.2, 0) is 10.1 Å². The van der Waals surface area contributed by atoms with Gasteiger partial charge in [-0.25, -0.2) is 9.98 Å². The Hall–Kier alpha value is -2.42. The topological polar surface area (TPSA) is 119 Å². The Balaban J connectivity index is 2.25. The molecule has 3 rings (SSSR count). The van der Waals surface area contributed by atoms with Crippen LogP contribution in [-0.4, -0.2) is 29.7 Å². The third-order valence-electron chi connectivity index (χ3n) is 3.19. The van der Waals surface area contributed by atoms with Gasteiger partial charge in [0.1, 0.15) is 11.4 Å². The highest BCUT2D eigenvalue weighted by Crippen LogP contribution is 2.34.